The lowest BCUT2D eigenvalue weighted by atomic mass is 9.92. The minimum atomic E-state index is 0.651. The highest BCUT2D eigenvalue weighted by molar-refractivity contribution is 7.09. The fraction of sp³-hybridized carbons (Fsp3) is 0.769. The second kappa shape index (κ2) is 4.11. The van der Waals surface area contributed by atoms with Gasteiger partial charge in [-0.25, -0.2) is 4.98 Å². The fourth-order valence-corrected chi connectivity index (χ4v) is 4.11. The van der Waals surface area contributed by atoms with Crippen molar-refractivity contribution in [2.24, 2.45) is 17.8 Å². The van der Waals surface area contributed by atoms with Gasteiger partial charge >= 0.3 is 0 Å². The molecule has 1 aromatic heterocycles. The topological polar surface area (TPSA) is 24.9 Å². The number of rotatable bonds is 4. The first-order valence-corrected chi connectivity index (χ1v) is 7.22. The zero-order chi connectivity index (χ0) is 11.1. The summed E-state index contributed by atoms with van der Waals surface area (Å²) in [6.45, 7) is 2.08. The summed E-state index contributed by atoms with van der Waals surface area (Å²) in [6.07, 6.45) is 5.56. The van der Waals surface area contributed by atoms with Crippen molar-refractivity contribution in [3.63, 3.8) is 0 Å². The molecule has 0 saturated heterocycles. The Morgan fingerprint density at radius 1 is 1.44 bits per heavy atom. The van der Waals surface area contributed by atoms with Gasteiger partial charge in [-0.1, -0.05) is 0 Å². The molecule has 0 aromatic carbocycles. The number of aromatic nitrogens is 1. The molecule has 0 radical (unpaired) electrons. The smallest absolute Gasteiger partial charge is 0.0943 e. The Morgan fingerprint density at radius 2 is 2.19 bits per heavy atom. The monoisotopic (exact) mass is 236 g/mol. The Bertz CT molecular complexity index is 364. The number of nitrogens with one attached hydrogen (secondary N) is 1. The van der Waals surface area contributed by atoms with Crippen LogP contribution in [0.25, 0.3) is 0 Å². The van der Waals surface area contributed by atoms with Gasteiger partial charge in [-0.15, -0.1) is 11.3 Å². The molecule has 3 atom stereocenters. The maximum Gasteiger partial charge on any atom is 0.0943 e. The lowest BCUT2D eigenvalue weighted by Crippen LogP contribution is -2.35. The van der Waals surface area contributed by atoms with Crippen molar-refractivity contribution < 1.29 is 0 Å². The van der Waals surface area contributed by atoms with Crippen molar-refractivity contribution in [2.45, 2.75) is 38.6 Å². The summed E-state index contributed by atoms with van der Waals surface area (Å²) in [4.78, 5) is 4.58. The van der Waals surface area contributed by atoms with Gasteiger partial charge in [0.2, 0.25) is 0 Å². The summed E-state index contributed by atoms with van der Waals surface area (Å²) in [5, 5.41) is 6.97. The molecule has 1 heterocycles. The summed E-state index contributed by atoms with van der Waals surface area (Å²) in [7, 11) is 2.11. The van der Waals surface area contributed by atoms with Crippen LogP contribution in [0.5, 0.6) is 0 Å². The summed E-state index contributed by atoms with van der Waals surface area (Å²) < 4.78 is 0. The molecule has 2 aliphatic carbocycles. The third-order valence-electron chi connectivity index (χ3n) is 4.28. The third-order valence-corrected chi connectivity index (χ3v) is 5.27. The number of aryl methyl sites for hydroxylation is 1. The molecule has 1 N–H and O–H groups in total. The number of likely N-dealkylation sites (N-methyl/N-ethyl adjacent to an activating group) is 1. The molecule has 0 spiro atoms. The molecule has 3 unspecified atom stereocenters. The maximum atomic E-state index is 4.58. The fourth-order valence-electron chi connectivity index (χ4n) is 3.28. The van der Waals surface area contributed by atoms with Gasteiger partial charge in [0.1, 0.15) is 0 Å². The van der Waals surface area contributed by atoms with Gasteiger partial charge in [0.25, 0.3) is 0 Å². The highest BCUT2D eigenvalue weighted by Gasteiger charge is 2.47. The average Bonchev–Trinajstić information content (AvgIpc) is 2.71. The van der Waals surface area contributed by atoms with Crippen LogP contribution < -0.4 is 5.32 Å². The zero-order valence-electron chi connectivity index (χ0n) is 10.1. The quantitative estimate of drug-likeness (QED) is 0.869. The largest absolute Gasteiger partial charge is 0.316 e. The zero-order valence-corrected chi connectivity index (χ0v) is 10.9. The van der Waals surface area contributed by atoms with Crippen LogP contribution in [0.1, 0.15) is 30.0 Å². The van der Waals surface area contributed by atoms with Crippen LogP contribution in [0.2, 0.25) is 0 Å². The van der Waals surface area contributed by atoms with Crippen LogP contribution in [-0.4, -0.2) is 18.1 Å². The second-order valence-corrected chi connectivity index (χ2v) is 6.41. The van der Waals surface area contributed by atoms with Gasteiger partial charge in [0.05, 0.1) is 5.01 Å². The Kier molecular flexibility index (Phi) is 2.76. The van der Waals surface area contributed by atoms with E-state index in [-0.39, 0.29) is 0 Å². The van der Waals surface area contributed by atoms with E-state index in [1.54, 1.807) is 0 Å². The maximum absolute atomic E-state index is 4.58. The van der Waals surface area contributed by atoms with Crippen molar-refractivity contribution in [2.75, 3.05) is 7.05 Å². The van der Waals surface area contributed by atoms with Gasteiger partial charge < -0.3 is 5.32 Å². The Morgan fingerprint density at radius 3 is 2.75 bits per heavy atom. The van der Waals surface area contributed by atoms with Crippen molar-refractivity contribution in [3.8, 4) is 0 Å². The molecule has 0 bridgehead atoms. The van der Waals surface area contributed by atoms with E-state index >= 15 is 0 Å². The SMILES string of the molecule is CNC(Cc1nc(C)cs1)C1CC2CC2C1. The van der Waals surface area contributed by atoms with E-state index in [1.807, 2.05) is 11.3 Å². The van der Waals surface area contributed by atoms with E-state index in [9.17, 15) is 0 Å². The standard InChI is InChI=1S/C13H20N2S/c1-8-7-16-13(15-8)6-12(14-2)11-4-9-3-10(9)5-11/h7,9-12,14H,3-6H2,1-2H3. The summed E-state index contributed by atoms with van der Waals surface area (Å²) in [5.74, 6) is 3.07. The van der Waals surface area contributed by atoms with E-state index in [4.69, 9.17) is 0 Å². The molecule has 3 heteroatoms. The molecule has 0 amide bonds. The molecular weight excluding hydrogens is 216 g/mol. The van der Waals surface area contributed by atoms with E-state index in [0.29, 0.717) is 6.04 Å². The van der Waals surface area contributed by atoms with Crippen molar-refractivity contribution in [1.29, 1.82) is 0 Å². The molecule has 1 aromatic rings. The van der Waals surface area contributed by atoms with Gasteiger partial charge in [-0.2, -0.15) is 0 Å². The lowest BCUT2D eigenvalue weighted by molar-refractivity contribution is 0.349. The third kappa shape index (κ3) is 2.03. The highest BCUT2D eigenvalue weighted by atomic mass is 32.1. The van der Waals surface area contributed by atoms with E-state index in [2.05, 4.69) is 29.7 Å². The van der Waals surface area contributed by atoms with Gasteiger partial charge in [0.15, 0.2) is 0 Å². The van der Waals surface area contributed by atoms with Crippen molar-refractivity contribution >= 4 is 11.3 Å². The first-order valence-electron chi connectivity index (χ1n) is 6.34. The number of fused-ring (bicyclic) bond motifs is 1. The second-order valence-electron chi connectivity index (χ2n) is 5.47. The average molecular weight is 236 g/mol. The van der Waals surface area contributed by atoms with Crippen LogP contribution in [0.15, 0.2) is 5.38 Å². The number of thiazole rings is 1. The van der Waals surface area contributed by atoms with Crippen molar-refractivity contribution in [3.05, 3.63) is 16.1 Å². The van der Waals surface area contributed by atoms with Gasteiger partial charge in [-0.3, -0.25) is 0 Å². The predicted molar refractivity (Wildman–Crippen MR) is 67.7 cm³/mol. The molecule has 2 aliphatic rings. The Hall–Kier alpha value is -0.410. The predicted octanol–water partition coefficient (Wildman–Crippen LogP) is 2.63. The molecule has 88 valence electrons. The molecule has 2 fully saturated rings. The number of hydrogen-bond donors (Lipinski definition) is 1. The Labute approximate surface area is 101 Å². The molecule has 0 aliphatic heterocycles. The summed E-state index contributed by atoms with van der Waals surface area (Å²) in [6, 6.07) is 0.651. The summed E-state index contributed by atoms with van der Waals surface area (Å²) >= 11 is 1.81. The lowest BCUT2D eigenvalue weighted by Gasteiger charge is -2.23. The van der Waals surface area contributed by atoms with Gasteiger partial charge in [-0.05, 0) is 51.0 Å². The van der Waals surface area contributed by atoms with Crippen LogP contribution >= 0.6 is 11.3 Å². The van der Waals surface area contributed by atoms with Crippen LogP contribution in [-0.2, 0) is 6.42 Å². The number of hydrogen-bond acceptors (Lipinski definition) is 3. The van der Waals surface area contributed by atoms with Crippen LogP contribution in [0.3, 0.4) is 0 Å². The molecule has 2 nitrogen and oxygen atoms in total. The van der Waals surface area contributed by atoms with Gasteiger partial charge in [0, 0.05) is 23.5 Å². The molecular formula is C13H20N2S. The minimum Gasteiger partial charge on any atom is -0.316 e. The van der Waals surface area contributed by atoms with Crippen LogP contribution in [0.4, 0.5) is 0 Å². The highest BCUT2D eigenvalue weighted by Crippen LogP contribution is 2.55. The molecule has 16 heavy (non-hydrogen) atoms. The van der Waals surface area contributed by atoms with E-state index in [0.717, 1.165) is 24.2 Å². The summed E-state index contributed by atoms with van der Waals surface area (Å²) in [5.41, 5.74) is 1.17. The molecule has 3 rings (SSSR count). The number of nitrogens with zero attached hydrogens (tertiary/aromatic N) is 1. The normalized spacial score (nSPS) is 33.8. The van der Waals surface area contributed by atoms with E-state index < -0.39 is 0 Å². The Balaban J connectivity index is 1.62. The van der Waals surface area contributed by atoms with Crippen molar-refractivity contribution in [1.82, 2.24) is 10.3 Å². The van der Waals surface area contributed by atoms with E-state index in [1.165, 1.54) is 30.0 Å². The molecule has 2 saturated carbocycles. The first kappa shape index (κ1) is 10.7. The minimum absolute atomic E-state index is 0.651. The first-order chi connectivity index (χ1) is 7.76. The van der Waals surface area contributed by atoms with Crippen LogP contribution in [0, 0.1) is 24.7 Å².